The average molecular weight is 738 g/mol. The van der Waals surface area contributed by atoms with E-state index in [1.54, 1.807) is 0 Å². The number of nitrogens with zero attached hydrogens (tertiary/aromatic N) is 1. The van der Waals surface area contributed by atoms with Gasteiger partial charge >= 0.3 is 0 Å². The maximum atomic E-state index is 2.48. The van der Waals surface area contributed by atoms with Crippen LogP contribution in [0.3, 0.4) is 0 Å². The molecular formula is C55H63N. The number of fused-ring (bicyclic) bond motifs is 3. The Morgan fingerprint density at radius 3 is 1.30 bits per heavy atom. The van der Waals surface area contributed by atoms with Gasteiger partial charge < -0.3 is 4.90 Å². The number of rotatable bonds is 5. The molecule has 0 aliphatic heterocycles. The molecule has 0 aromatic heterocycles. The van der Waals surface area contributed by atoms with Gasteiger partial charge in [0.1, 0.15) is 0 Å². The molecule has 0 N–H and O–H groups in total. The lowest BCUT2D eigenvalue weighted by Gasteiger charge is -2.31. The number of anilines is 3. The fraction of sp³-hybridized carbons (Fsp3) is 0.345. The van der Waals surface area contributed by atoms with Crippen LogP contribution < -0.4 is 4.90 Å². The van der Waals surface area contributed by atoms with Crippen molar-refractivity contribution in [3.05, 3.63) is 161 Å². The SMILES string of the molecule is CC(C)(C)c1ccc(N(c2cc(-c3ccc(-c4cc(C(C)(C)C)cc(C(C)(C)C)c4)cc3)cc(C(C)(C)C)c2)c2ccc3c(c2)C(C)(C)c2ccccc2-3)cc1. The Morgan fingerprint density at radius 1 is 0.339 bits per heavy atom. The zero-order valence-electron chi connectivity index (χ0n) is 36.6. The highest BCUT2D eigenvalue weighted by Crippen LogP contribution is 2.51. The maximum Gasteiger partial charge on any atom is 0.0470 e. The number of benzene rings is 6. The Morgan fingerprint density at radius 2 is 0.786 bits per heavy atom. The number of hydrogen-bond acceptors (Lipinski definition) is 1. The van der Waals surface area contributed by atoms with E-state index in [9.17, 15) is 0 Å². The van der Waals surface area contributed by atoms with Crippen molar-refractivity contribution in [1.82, 2.24) is 0 Å². The molecule has 0 unspecified atom stereocenters. The van der Waals surface area contributed by atoms with Crippen molar-refractivity contribution in [3.8, 4) is 33.4 Å². The first-order valence-corrected chi connectivity index (χ1v) is 20.6. The van der Waals surface area contributed by atoms with Crippen LogP contribution in [0.1, 0.15) is 130 Å². The van der Waals surface area contributed by atoms with Crippen LogP contribution in [0.25, 0.3) is 33.4 Å². The fourth-order valence-corrected chi connectivity index (χ4v) is 8.24. The van der Waals surface area contributed by atoms with Crippen molar-refractivity contribution in [2.75, 3.05) is 4.90 Å². The smallest absolute Gasteiger partial charge is 0.0470 e. The van der Waals surface area contributed by atoms with Crippen molar-refractivity contribution in [2.24, 2.45) is 0 Å². The summed E-state index contributed by atoms with van der Waals surface area (Å²) in [5.41, 5.74) is 19.4. The fourth-order valence-electron chi connectivity index (χ4n) is 8.24. The van der Waals surface area contributed by atoms with Gasteiger partial charge in [-0.15, -0.1) is 0 Å². The van der Waals surface area contributed by atoms with Crippen LogP contribution in [0, 0.1) is 0 Å². The topological polar surface area (TPSA) is 3.24 Å². The van der Waals surface area contributed by atoms with Crippen molar-refractivity contribution in [2.45, 2.75) is 124 Å². The van der Waals surface area contributed by atoms with E-state index >= 15 is 0 Å². The lowest BCUT2D eigenvalue weighted by Crippen LogP contribution is -2.18. The second-order valence-electron chi connectivity index (χ2n) is 20.9. The molecule has 0 radical (unpaired) electrons. The van der Waals surface area contributed by atoms with E-state index in [0.717, 1.165) is 5.69 Å². The van der Waals surface area contributed by atoms with E-state index in [1.807, 2.05) is 0 Å². The summed E-state index contributed by atoms with van der Waals surface area (Å²) in [4.78, 5) is 2.48. The van der Waals surface area contributed by atoms with Crippen molar-refractivity contribution < 1.29 is 0 Å². The van der Waals surface area contributed by atoms with E-state index in [4.69, 9.17) is 0 Å². The minimum atomic E-state index is -0.0933. The predicted molar refractivity (Wildman–Crippen MR) is 244 cm³/mol. The Hall–Kier alpha value is -4.88. The lowest BCUT2D eigenvalue weighted by molar-refractivity contribution is 0.569. The lowest BCUT2D eigenvalue weighted by atomic mass is 9.79. The van der Waals surface area contributed by atoms with Gasteiger partial charge in [0, 0.05) is 22.5 Å². The van der Waals surface area contributed by atoms with Crippen LogP contribution in [0.15, 0.2) is 127 Å². The molecule has 1 aliphatic rings. The van der Waals surface area contributed by atoms with E-state index in [-0.39, 0.29) is 27.1 Å². The van der Waals surface area contributed by atoms with Crippen LogP contribution in [0.2, 0.25) is 0 Å². The maximum absolute atomic E-state index is 2.48. The van der Waals surface area contributed by atoms with Crippen LogP contribution in [0.5, 0.6) is 0 Å². The highest BCUT2D eigenvalue weighted by molar-refractivity contribution is 5.87. The van der Waals surface area contributed by atoms with Gasteiger partial charge in [-0.2, -0.15) is 0 Å². The first-order valence-electron chi connectivity index (χ1n) is 20.6. The molecule has 1 nitrogen and oxygen atoms in total. The van der Waals surface area contributed by atoms with E-state index in [0.29, 0.717) is 0 Å². The first-order chi connectivity index (χ1) is 26.0. The van der Waals surface area contributed by atoms with Crippen LogP contribution in [-0.4, -0.2) is 0 Å². The summed E-state index contributed by atoms with van der Waals surface area (Å²) in [7, 11) is 0. The molecule has 0 bridgehead atoms. The summed E-state index contributed by atoms with van der Waals surface area (Å²) in [5, 5.41) is 0. The molecule has 56 heavy (non-hydrogen) atoms. The summed E-state index contributed by atoms with van der Waals surface area (Å²) in [6.07, 6.45) is 0. The predicted octanol–water partition coefficient (Wildman–Crippen LogP) is 16.0. The van der Waals surface area contributed by atoms with E-state index in [2.05, 4.69) is 229 Å². The minimum Gasteiger partial charge on any atom is -0.310 e. The van der Waals surface area contributed by atoms with Gasteiger partial charge in [-0.25, -0.2) is 0 Å². The molecular weight excluding hydrogens is 675 g/mol. The summed E-state index contributed by atoms with van der Waals surface area (Å²) < 4.78 is 0. The molecule has 0 fully saturated rings. The van der Waals surface area contributed by atoms with Gasteiger partial charge in [0.15, 0.2) is 0 Å². The van der Waals surface area contributed by atoms with Gasteiger partial charge in [0.2, 0.25) is 0 Å². The molecule has 0 heterocycles. The molecule has 0 saturated heterocycles. The Labute approximate surface area is 338 Å². The number of hydrogen-bond donors (Lipinski definition) is 0. The molecule has 1 aliphatic carbocycles. The molecule has 6 aromatic rings. The standard InChI is InChI=1S/C55H63N/c1-51(2,3)40-23-25-44(26-24-40)56(45-27-28-48-47-17-15-16-18-49(47)55(13,14)50(48)35-45)46-32-39(31-43(34-46)54(10,11)12)37-21-19-36(20-22-37)38-29-41(52(4,5)6)33-42(30-38)53(7,8)9/h15-35H,1-14H3. The molecule has 288 valence electrons. The van der Waals surface area contributed by atoms with Gasteiger partial charge in [-0.1, -0.05) is 188 Å². The Bertz CT molecular complexity index is 2360. The van der Waals surface area contributed by atoms with E-state index in [1.165, 1.54) is 78.1 Å². The molecule has 0 amide bonds. The third-order valence-corrected chi connectivity index (χ3v) is 12.1. The van der Waals surface area contributed by atoms with Gasteiger partial charge in [-0.3, -0.25) is 0 Å². The van der Waals surface area contributed by atoms with Gasteiger partial charge in [-0.05, 0) is 125 Å². The summed E-state index contributed by atoms with van der Waals surface area (Å²) >= 11 is 0. The molecule has 6 aromatic carbocycles. The minimum absolute atomic E-state index is 0.0508. The van der Waals surface area contributed by atoms with Crippen molar-refractivity contribution >= 4 is 17.1 Å². The second-order valence-corrected chi connectivity index (χ2v) is 20.9. The van der Waals surface area contributed by atoms with Crippen LogP contribution in [-0.2, 0) is 27.1 Å². The van der Waals surface area contributed by atoms with Gasteiger partial charge in [0.25, 0.3) is 0 Å². The highest BCUT2D eigenvalue weighted by Gasteiger charge is 2.36. The zero-order valence-corrected chi connectivity index (χ0v) is 36.6. The van der Waals surface area contributed by atoms with Gasteiger partial charge in [0.05, 0.1) is 0 Å². The van der Waals surface area contributed by atoms with E-state index < -0.39 is 0 Å². The summed E-state index contributed by atoms with van der Waals surface area (Å²) in [6.45, 7) is 32.4. The van der Waals surface area contributed by atoms with Crippen LogP contribution >= 0.6 is 0 Å². The molecule has 0 spiro atoms. The summed E-state index contributed by atoms with van der Waals surface area (Å²) in [5.74, 6) is 0. The molecule has 0 saturated carbocycles. The van der Waals surface area contributed by atoms with Crippen molar-refractivity contribution in [1.29, 1.82) is 0 Å². The summed E-state index contributed by atoms with van der Waals surface area (Å²) in [6, 6.07) is 48.9. The normalized spacial score (nSPS) is 14.0. The monoisotopic (exact) mass is 737 g/mol. The Balaban J connectivity index is 1.38. The average Bonchev–Trinajstić information content (AvgIpc) is 3.36. The molecule has 0 atom stereocenters. The first kappa shape index (κ1) is 39.4. The molecule has 7 rings (SSSR count). The highest BCUT2D eigenvalue weighted by atomic mass is 15.1. The third-order valence-electron chi connectivity index (χ3n) is 12.1. The zero-order chi connectivity index (χ0) is 40.6. The van der Waals surface area contributed by atoms with Crippen LogP contribution in [0.4, 0.5) is 17.1 Å². The largest absolute Gasteiger partial charge is 0.310 e. The second kappa shape index (κ2) is 13.7. The molecule has 1 heteroatoms. The quantitative estimate of drug-likeness (QED) is 0.170. The third kappa shape index (κ3) is 7.50. The van der Waals surface area contributed by atoms with Crippen molar-refractivity contribution in [3.63, 3.8) is 0 Å². The Kier molecular flexibility index (Phi) is 9.59.